The number of nitrogens with one attached hydrogen (secondary N) is 1. The second-order valence-electron chi connectivity index (χ2n) is 6.84. The van der Waals surface area contributed by atoms with E-state index in [4.69, 9.17) is 20.8 Å². The Labute approximate surface area is 177 Å². The number of Topliss-reactive ketones (excluding diaryl/α,β-unsaturated/α-hetero) is 1. The quantitative estimate of drug-likeness (QED) is 0.479. The Hall–Kier alpha value is -3.45. The number of aromatic nitrogens is 2. The second kappa shape index (κ2) is 8.51. The van der Waals surface area contributed by atoms with E-state index in [-0.39, 0.29) is 17.8 Å². The van der Waals surface area contributed by atoms with Crippen LogP contribution in [0.4, 0.5) is 0 Å². The molecular formula is C22H18ClN3O4. The van der Waals surface area contributed by atoms with Gasteiger partial charge in [-0.05, 0) is 42.5 Å². The van der Waals surface area contributed by atoms with Gasteiger partial charge >= 0.3 is 0 Å². The van der Waals surface area contributed by atoms with E-state index in [9.17, 15) is 9.59 Å². The van der Waals surface area contributed by atoms with E-state index in [0.29, 0.717) is 41.0 Å². The maximum absolute atomic E-state index is 12.0. The first-order chi connectivity index (χ1) is 14.5. The van der Waals surface area contributed by atoms with Gasteiger partial charge in [0.25, 0.3) is 0 Å². The number of ketones is 1. The highest BCUT2D eigenvalue weighted by molar-refractivity contribution is 6.32. The van der Waals surface area contributed by atoms with Crippen molar-refractivity contribution < 1.29 is 18.7 Å². The van der Waals surface area contributed by atoms with Crippen LogP contribution >= 0.6 is 11.6 Å². The molecule has 1 aliphatic heterocycles. The summed E-state index contributed by atoms with van der Waals surface area (Å²) in [6.45, 7) is 1.78. The van der Waals surface area contributed by atoms with Gasteiger partial charge in [0, 0.05) is 36.7 Å². The highest BCUT2D eigenvalue weighted by Gasteiger charge is 2.26. The predicted molar refractivity (Wildman–Crippen MR) is 111 cm³/mol. The molecule has 3 heterocycles. The zero-order valence-electron chi connectivity index (χ0n) is 16.1. The third-order valence-corrected chi connectivity index (χ3v) is 4.87. The van der Waals surface area contributed by atoms with Crippen molar-refractivity contribution in [3.8, 4) is 17.1 Å². The molecule has 152 valence electrons. The molecule has 1 N–H and O–H groups in total. The van der Waals surface area contributed by atoms with Crippen molar-refractivity contribution in [2.75, 3.05) is 6.54 Å². The maximum atomic E-state index is 12.0. The summed E-state index contributed by atoms with van der Waals surface area (Å²) in [5, 5.41) is 10.9. The van der Waals surface area contributed by atoms with Gasteiger partial charge in [-0.3, -0.25) is 9.59 Å². The Balaban J connectivity index is 1.39. The Kier molecular flexibility index (Phi) is 5.63. The summed E-state index contributed by atoms with van der Waals surface area (Å²) in [5.41, 5.74) is 2.29. The molecule has 0 bridgehead atoms. The fourth-order valence-electron chi connectivity index (χ4n) is 3.16. The monoisotopic (exact) mass is 423 g/mol. The van der Waals surface area contributed by atoms with Crippen LogP contribution in [-0.2, 0) is 11.2 Å². The van der Waals surface area contributed by atoms with Crippen LogP contribution in [0.15, 0.2) is 53.1 Å². The van der Waals surface area contributed by atoms with E-state index in [0.717, 1.165) is 11.1 Å². The lowest BCUT2D eigenvalue weighted by Gasteiger charge is -2.11. The van der Waals surface area contributed by atoms with Crippen LogP contribution in [0.2, 0.25) is 5.02 Å². The van der Waals surface area contributed by atoms with E-state index in [1.54, 1.807) is 42.6 Å². The normalized spacial score (nSPS) is 15.1. The Morgan fingerprint density at radius 3 is 2.90 bits per heavy atom. The van der Waals surface area contributed by atoms with Gasteiger partial charge in [0.05, 0.1) is 17.3 Å². The van der Waals surface area contributed by atoms with Crippen molar-refractivity contribution in [3.63, 3.8) is 0 Å². The first-order valence-corrected chi connectivity index (χ1v) is 9.71. The summed E-state index contributed by atoms with van der Waals surface area (Å²) >= 11 is 6.39. The van der Waals surface area contributed by atoms with Crippen LogP contribution in [0.3, 0.4) is 0 Å². The van der Waals surface area contributed by atoms with Gasteiger partial charge < -0.3 is 14.5 Å². The van der Waals surface area contributed by atoms with Crippen molar-refractivity contribution in [1.82, 2.24) is 15.5 Å². The molecule has 1 aromatic carbocycles. The van der Waals surface area contributed by atoms with Gasteiger partial charge in [-0.25, -0.2) is 0 Å². The minimum Gasteiger partial charge on any atom is -0.486 e. The lowest BCUT2D eigenvalue weighted by Crippen LogP contribution is -2.33. The SMILES string of the molecule is CC(=O)c1ccc(-c2cc(Cl)c3c(c2)CC(CNC(=O)/C=C/c2cccnn2)O3)o1. The molecule has 0 saturated carbocycles. The summed E-state index contributed by atoms with van der Waals surface area (Å²) in [6.07, 6.45) is 4.93. The molecule has 1 amide bonds. The van der Waals surface area contributed by atoms with Crippen molar-refractivity contribution in [3.05, 3.63) is 70.7 Å². The summed E-state index contributed by atoms with van der Waals surface area (Å²) < 4.78 is 11.5. The average molecular weight is 424 g/mol. The van der Waals surface area contributed by atoms with Crippen LogP contribution in [0.1, 0.15) is 28.7 Å². The number of carbonyl (C=O) groups is 2. The molecule has 0 saturated heterocycles. The van der Waals surface area contributed by atoms with Crippen molar-refractivity contribution in [1.29, 1.82) is 0 Å². The highest BCUT2D eigenvalue weighted by Crippen LogP contribution is 2.39. The zero-order valence-corrected chi connectivity index (χ0v) is 16.8. The van der Waals surface area contributed by atoms with Gasteiger partial charge in [-0.15, -0.1) is 0 Å². The Bertz CT molecular complexity index is 1120. The number of amides is 1. The number of fused-ring (bicyclic) bond motifs is 1. The number of ether oxygens (including phenoxy) is 1. The topological polar surface area (TPSA) is 94.3 Å². The summed E-state index contributed by atoms with van der Waals surface area (Å²) in [5.74, 6) is 1.08. The molecule has 30 heavy (non-hydrogen) atoms. The molecule has 1 unspecified atom stereocenters. The standard InChI is InChI=1S/C22H18ClN3O4/c1-13(27)19-5-6-20(30-19)14-9-15-10-17(29-22(15)18(23)11-14)12-24-21(28)7-4-16-3-2-8-25-26-16/h2-9,11,17H,10,12H2,1H3,(H,24,28)/b7-4+. The number of hydrogen-bond donors (Lipinski definition) is 1. The van der Waals surface area contributed by atoms with E-state index in [1.165, 1.54) is 13.0 Å². The smallest absolute Gasteiger partial charge is 0.244 e. The Morgan fingerprint density at radius 1 is 1.30 bits per heavy atom. The van der Waals surface area contributed by atoms with Crippen molar-refractivity contribution in [2.24, 2.45) is 0 Å². The lowest BCUT2D eigenvalue weighted by atomic mass is 10.0. The van der Waals surface area contributed by atoms with Gasteiger partial charge in [0.2, 0.25) is 5.91 Å². The van der Waals surface area contributed by atoms with Crippen LogP contribution in [-0.4, -0.2) is 34.5 Å². The van der Waals surface area contributed by atoms with Crippen LogP contribution < -0.4 is 10.1 Å². The largest absolute Gasteiger partial charge is 0.486 e. The van der Waals surface area contributed by atoms with Gasteiger partial charge in [0.1, 0.15) is 17.6 Å². The average Bonchev–Trinajstić information content (AvgIpc) is 3.39. The molecule has 2 aromatic heterocycles. The van der Waals surface area contributed by atoms with Gasteiger partial charge in [-0.2, -0.15) is 10.2 Å². The van der Waals surface area contributed by atoms with E-state index >= 15 is 0 Å². The van der Waals surface area contributed by atoms with Crippen LogP contribution in [0.25, 0.3) is 17.4 Å². The third-order valence-electron chi connectivity index (χ3n) is 4.59. The van der Waals surface area contributed by atoms with E-state index in [1.807, 2.05) is 6.07 Å². The molecule has 0 fully saturated rings. The van der Waals surface area contributed by atoms with Gasteiger partial charge in [-0.1, -0.05) is 11.6 Å². The number of nitrogens with zero attached hydrogens (tertiary/aromatic N) is 2. The van der Waals surface area contributed by atoms with Crippen LogP contribution in [0.5, 0.6) is 5.75 Å². The number of hydrogen-bond acceptors (Lipinski definition) is 6. The van der Waals surface area contributed by atoms with E-state index < -0.39 is 0 Å². The number of benzene rings is 1. The summed E-state index contributed by atoms with van der Waals surface area (Å²) in [4.78, 5) is 23.5. The molecule has 1 aliphatic rings. The number of rotatable bonds is 6. The minimum atomic E-state index is -0.251. The molecule has 7 nitrogen and oxygen atoms in total. The number of furan rings is 1. The molecule has 8 heteroatoms. The molecule has 1 atom stereocenters. The number of carbonyl (C=O) groups excluding carboxylic acids is 2. The third kappa shape index (κ3) is 4.41. The van der Waals surface area contributed by atoms with Crippen molar-refractivity contribution >= 4 is 29.4 Å². The first-order valence-electron chi connectivity index (χ1n) is 9.33. The van der Waals surface area contributed by atoms with Crippen LogP contribution in [0, 0.1) is 0 Å². The molecule has 0 spiro atoms. The summed E-state index contributed by atoms with van der Waals surface area (Å²) in [6, 6.07) is 10.6. The predicted octanol–water partition coefficient (Wildman–Crippen LogP) is 3.73. The fraction of sp³-hybridized carbons (Fsp3) is 0.182. The first kappa shape index (κ1) is 19.8. The second-order valence-corrected chi connectivity index (χ2v) is 7.24. The lowest BCUT2D eigenvalue weighted by molar-refractivity contribution is -0.116. The maximum Gasteiger partial charge on any atom is 0.244 e. The molecule has 3 aromatic rings. The molecule has 0 radical (unpaired) electrons. The van der Waals surface area contributed by atoms with E-state index in [2.05, 4.69) is 15.5 Å². The molecular weight excluding hydrogens is 406 g/mol. The van der Waals surface area contributed by atoms with Gasteiger partial charge in [0.15, 0.2) is 11.5 Å². The molecule has 4 rings (SSSR count). The van der Waals surface area contributed by atoms with Crippen molar-refractivity contribution in [2.45, 2.75) is 19.4 Å². The summed E-state index contributed by atoms with van der Waals surface area (Å²) in [7, 11) is 0. The molecule has 0 aliphatic carbocycles. The highest BCUT2D eigenvalue weighted by atomic mass is 35.5. The fourth-order valence-corrected chi connectivity index (χ4v) is 3.45. The minimum absolute atomic E-state index is 0.138. The Morgan fingerprint density at radius 2 is 2.17 bits per heavy atom. The number of halogens is 1. The zero-order chi connectivity index (χ0) is 21.1.